The van der Waals surface area contributed by atoms with Crippen LogP contribution < -0.4 is 31.6 Å². The standard InChI is InChI=1S/C38H48N8/c1-23-15-31-35(19-27(23)39)45(5)37-21-29(25(3)17-33(37)43-31)41-13-11-9-7-8-10-12-14-42-30-22-38-34(18-26(30)4)44-32-16-24(2)28(40)20-36(32)46(38)6/h15-22,37,41H,7-14,39H2,1-6H3,(H2,40,42)/p+1. The Morgan fingerprint density at radius 1 is 0.761 bits per heavy atom. The van der Waals surface area contributed by atoms with Gasteiger partial charge in [-0.2, -0.15) is 4.57 Å². The van der Waals surface area contributed by atoms with Crippen molar-refractivity contribution in [2.45, 2.75) is 72.3 Å². The van der Waals surface area contributed by atoms with E-state index >= 15 is 0 Å². The quantitative estimate of drug-likeness (QED) is 0.0620. The summed E-state index contributed by atoms with van der Waals surface area (Å²) < 4.78 is 2.20. The fourth-order valence-electron chi connectivity index (χ4n) is 6.67. The fraction of sp³-hybridized carbons (Fsp3) is 0.395. The van der Waals surface area contributed by atoms with E-state index in [-0.39, 0.29) is 6.04 Å². The molecular formula is C38H49N8+. The van der Waals surface area contributed by atoms with Crippen LogP contribution in [0.1, 0.15) is 62.1 Å². The van der Waals surface area contributed by atoms with Crippen LogP contribution in [-0.2, 0) is 7.05 Å². The topological polar surface area (TPSA) is 108 Å². The van der Waals surface area contributed by atoms with Gasteiger partial charge in [0.2, 0.25) is 11.0 Å². The summed E-state index contributed by atoms with van der Waals surface area (Å²) in [6.07, 6.45) is 11.9. The first-order valence-electron chi connectivity index (χ1n) is 16.7. The van der Waals surface area contributed by atoms with E-state index in [4.69, 9.17) is 21.4 Å². The van der Waals surface area contributed by atoms with Gasteiger partial charge in [0.05, 0.1) is 23.1 Å². The number of nitrogens with one attached hydrogen (secondary N) is 2. The van der Waals surface area contributed by atoms with Gasteiger partial charge in [-0.05, 0) is 99.2 Å². The second-order valence-electron chi connectivity index (χ2n) is 13.2. The molecule has 0 spiro atoms. The number of nitrogens with zero attached hydrogens (tertiary/aromatic N) is 4. The molecule has 1 aliphatic heterocycles. The SMILES string of the molecule is CC1=CC2=Nc3cc(C)c(N)cc3N(C)C2C=C1NCCCCCCCCNc1cc2c(cc1C)nc1cc(C)c(N)cc1[n+]2C. The van der Waals surface area contributed by atoms with Crippen LogP contribution in [0.25, 0.3) is 22.1 Å². The number of anilines is 4. The number of nitrogens with two attached hydrogens (primary N) is 2. The van der Waals surface area contributed by atoms with Crippen molar-refractivity contribution in [1.82, 2.24) is 10.3 Å². The Morgan fingerprint density at radius 3 is 2.11 bits per heavy atom. The summed E-state index contributed by atoms with van der Waals surface area (Å²) in [5.74, 6) is 0. The van der Waals surface area contributed by atoms with Crippen molar-refractivity contribution in [2.24, 2.45) is 12.0 Å². The van der Waals surface area contributed by atoms with Crippen LogP contribution in [0.2, 0.25) is 0 Å². The molecule has 1 aromatic heterocycles. The van der Waals surface area contributed by atoms with E-state index in [9.17, 15) is 0 Å². The van der Waals surface area contributed by atoms with Crippen LogP contribution in [0.15, 0.2) is 64.8 Å². The molecule has 1 unspecified atom stereocenters. The zero-order valence-electron chi connectivity index (χ0n) is 28.3. The third-order valence-electron chi connectivity index (χ3n) is 9.71. The number of aromatic nitrogens is 2. The Bertz CT molecular complexity index is 1900. The minimum atomic E-state index is 0.121. The summed E-state index contributed by atoms with van der Waals surface area (Å²) in [5, 5.41) is 7.38. The van der Waals surface area contributed by atoms with Crippen molar-refractivity contribution < 1.29 is 4.57 Å². The highest BCUT2D eigenvalue weighted by atomic mass is 15.2. The zero-order chi connectivity index (χ0) is 32.5. The van der Waals surface area contributed by atoms with E-state index in [1.807, 2.05) is 19.9 Å². The number of hydrogen-bond acceptors (Lipinski definition) is 7. The van der Waals surface area contributed by atoms with Crippen LogP contribution in [0, 0.1) is 20.8 Å². The predicted molar refractivity (Wildman–Crippen MR) is 195 cm³/mol. The maximum absolute atomic E-state index is 6.21. The minimum Gasteiger partial charge on any atom is -0.398 e. The lowest BCUT2D eigenvalue weighted by Crippen LogP contribution is -2.41. The lowest BCUT2D eigenvalue weighted by atomic mass is 9.94. The number of allylic oxidation sites excluding steroid dienone is 1. The lowest BCUT2D eigenvalue weighted by Gasteiger charge is -2.36. The molecule has 6 rings (SSSR count). The number of aryl methyl sites for hydroxylation is 4. The number of benzene rings is 3. The first kappa shape index (κ1) is 31.4. The highest BCUT2D eigenvalue weighted by Gasteiger charge is 2.29. The third-order valence-corrected chi connectivity index (χ3v) is 9.71. The molecule has 46 heavy (non-hydrogen) atoms. The Kier molecular flexibility index (Phi) is 8.89. The second-order valence-corrected chi connectivity index (χ2v) is 13.2. The normalized spacial score (nSPS) is 15.7. The molecule has 2 heterocycles. The third kappa shape index (κ3) is 6.26. The molecule has 0 saturated carbocycles. The van der Waals surface area contributed by atoms with Crippen LogP contribution >= 0.6 is 0 Å². The number of hydrogen-bond donors (Lipinski definition) is 4. The molecular weight excluding hydrogens is 568 g/mol. The summed E-state index contributed by atoms with van der Waals surface area (Å²) in [4.78, 5) is 12.2. The van der Waals surface area contributed by atoms with Gasteiger partial charge in [-0.15, -0.1) is 0 Å². The molecule has 0 bridgehead atoms. The Morgan fingerprint density at radius 2 is 1.37 bits per heavy atom. The van der Waals surface area contributed by atoms with Gasteiger partial charge in [0, 0.05) is 55.0 Å². The van der Waals surface area contributed by atoms with Crippen LogP contribution in [-0.4, -0.2) is 36.9 Å². The highest BCUT2D eigenvalue weighted by Crippen LogP contribution is 2.39. The fourth-order valence-corrected chi connectivity index (χ4v) is 6.67. The number of rotatable bonds is 11. The summed E-state index contributed by atoms with van der Waals surface area (Å²) in [6.45, 7) is 10.4. The van der Waals surface area contributed by atoms with Gasteiger partial charge in [0.25, 0.3) is 0 Å². The molecule has 1 aliphatic carbocycles. The average molecular weight is 618 g/mol. The van der Waals surface area contributed by atoms with Crippen LogP contribution in [0.3, 0.4) is 0 Å². The van der Waals surface area contributed by atoms with Crippen molar-refractivity contribution in [1.29, 1.82) is 0 Å². The van der Waals surface area contributed by atoms with E-state index in [0.717, 1.165) is 81.2 Å². The number of nitrogen functional groups attached to an aromatic ring is 2. The summed E-state index contributed by atoms with van der Waals surface area (Å²) in [7, 11) is 4.22. The molecule has 0 fully saturated rings. The molecule has 240 valence electrons. The monoisotopic (exact) mass is 617 g/mol. The molecule has 6 N–H and O–H groups in total. The van der Waals surface area contributed by atoms with E-state index in [0.29, 0.717) is 0 Å². The average Bonchev–Trinajstić information content (AvgIpc) is 3.01. The lowest BCUT2D eigenvalue weighted by molar-refractivity contribution is -0.617. The maximum atomic E-state index is 6.21. The Labute approximate surface area is 273 Å². The molecule has 0 amide bonds. The molecule has 0 radical (unpaired) electrons. The van der Waals surface area contributed by atoms with Crippen molar-refractivity contribution in [3.63, 3.8) is 0 Å². The molecule has 2 aliphatic rings. The van der Waals surface area contributed by atoms with Crippen molar-refractivity contribution in [2.75, 3.05) is 41.8 Å². The summed E-state index contributed by atoms with van der Waals surface area (Å²) in [5.41, 5.74) is 28.3. The Balaban J connectivity index is 0.927. The van der Waals surface area contributed by atoms with Gasteiger partial charge in [-0.1, -0.05) is 25.7 Å². The first-order valence-corrected chi connectivity index (χ1v) is 16.7. The molecule has 1 atom stereocenters. The van der Waals surface area contributed by atoms with E-state index in [1.54, 1.807) is 0 Å². The van der Waals surface area contributed by atoms with E-state index in [1.165, 1.54) is 54.6 Å². The largest absolute Gasteiger partial charge is 0.398 e. The molecule has 4 aromatic rings. The van der Waals surface area contributed by atoms with Gasteiger partial charge < -0.3 is 27.0 Å². The highest BCUT2D eigenvalue weighted by molar-refractivity contribution is 6.09. The molecule has 0 saturated heterocycles. The minimum absolute atomic E-state index is 0.121. The van der Waals surface area contributed by atoms with E-state index < -0.39 is 0 Å². The van der Waals surface area contributed by atoms with Crippen molar-refractivity contribution in [3.05, 3.63) is 76.5 Å². The second kappa shape index (κ2) is 13.0. The van der Waals surface area contributed by atoms with Gasteiger partial charge in [-0.3, -0.25) is 0 Å². The molecule has 8 heteroatoms. The first-order chi connectivity index (χ1) is 22.1. The maximum Gasteiger partial charge on any atom is 0.233 e. The van der Waals surface area contributed by atoms with E-state index in [2.05, 4.69) is 90.5 Å². The summed E-state index contributed by atoms with van der Waals surface area (Å²) >= 11 is 0. The van der Waals surface area contributed by atoms with Gasteiger partial charge >= 0.3 is 0 Å². The number of unbranched alkanes of at least 4 members (excludes halogenated alkanes) is 5. The number of aliphatic imine (C=N–C) groups is 1. The number of fused-ring (bicyclic) bond motifs is 4. The van der Waals surface area contributed by atoms with Crippen LogP contribution in [0.5, 0.6) is 0 Å². The van der Waals surface area contributed by atoms with Gasteiger partial charge in [0.1, 0.15) is 18.1 Å². The Hall–Kier alpha value is -4.59. The van der Waals surface area contributed by atoms with Crippen molar-refractivity contribution >= 4 is 56.2 Å². The predicted octanol–water partition coefficient (Wildman–Crippen LogP) is 7.08. The number of likely N-dealkylation sites (N-methyl/N-ethyl adjacent to an activating group) is 1. The summed E-state index contributed by atoms with van der Waals surface area (Å²) in [6, 6.07) is 12.8. The molecule has 8 nitrogen and oxygen atoms in total. The van der Waals surface area contributed by atoms with Gasteiger partial charge in [-0.25, -0.2) is 9.98 Å². The van der Waals surface area contributed by atoms with Crippen LogP contribution in [0.4, 0.5) is 28.4 Å². The van der Waals surface area contributed by atoms with Crippen molar-refractivity contribution in [3.8, 4) is 0 Å². The smallest absolute Gasteiger partial charge is 0.233 e. The van der Waals surface area contributed by atoms with Gasteiger partial charge in [0.15, 0.2) is 0 Å². The molecule has 3 aromatic carbocycles. The zero-order valence-corrected chi connectivity index (χ0v) is 28.3.